The summed E-state index contributed by atoms with van der Waals surface area (Å²) in [5.41, 5.74) is 2.07. The Balaban J connectivity index is 1.54. The van der Waals surface area contributed by atoms with Crippen LogP contribution < -0.4 is 4.90 Å². The summed E-state index contributed by atoms with van der Waals surface area (Å²) in [5.74, 6) is -0.402. The third kappa shape index (κ3) is 4.03. The van der Waals surface area contributed by atoms with Gasteiger partial charge in [-0.3, -0.25) is 9.69 Å². The number of hydrogen-bond donors (Lipinski definition) is 0. The SMILES string of the molecule is COC(=O)c1cn(CN2CCN(c3ccc(C(C)=O)cc3)CC2)nn1. The summed E-state index contributed by atoms with van der Waals surface area (Å²) >= 11 is 0. The Hall–Kier alpha value is -2.74. The van der Waals surface area contributed by atoms with E-state index in [0.29, 0.717) is 6.67 Å². The van der Waals surface area contributed by atoms with Crippen molar-refractivity contribution in [1.29, 1.82) is 0 Å². The zero-order chi connectivity index (χ0) is 17.8. The topological polar surface area (TPSA) is 80.6 Å². The number of nitrogens with zero attached hydrogens (tertiary/aromatic N) is 5. The number of anilines is 1. The molecule has 0 amide bonds. The molecule has 1 fully saturated rings. The largest absolute Gasteiger partial charge is 0.464 e. The number of esters is 1. The van der Waals surface area contributed by atoms with E-state index in [-0.39, 0.29) is 11.5 Å². The predicted octanol–water partition coefficient (Wildman–Crippen LogP) is 1.05. The van der Waals surface area contributed by atoms with Crippen molar-refractivity contribution < 1.29 is 14.3 Å². The highest BCUT2D eigenvalue weighted by atomic mass is 16.5. The summed E-state index contributed by atoms with van der Waals surface area (Å²) in [6, 6.07) is 7.72. The number of aromatic nitrogens is 3. The lowest BCUT2D eigenvalue weighted by atomic mass is 10.1. The van der Waals surface area contributed by atoms with Gasteiger partial charge in [0.15, 0.2) is 11.5 Å². The molecule has 0 aliphatic carbocycles. The molecule has 8 heteroatoms. The lowest BCUT2D eigenvalue weighted by Gasteiger charge is -2.35. The second-order valence-corrected chi connectivity index (χ2v) is 5.98. The summed E-state index contributed by atoms with van der Waals surface area (Å²) in [4.78, 5) is 27.3. The number of ether oxygens (including phenoxy) is 1. The lowest BCUT2D eigenvalue weighted by molar-refractivity contribution is 0.0593. The molecular formula is C17H21N5O3. The lowest BCUT2D eigenvalue weighted by Crippen LogP contribution is -2.46. The summed E-state index contributed by atoms with van der Waals surface area (Å²) in [6.45, 7) is 5.68. The number of ketones is 1. The van der Waals surface area contributed by atoms with Crippen molar-refractivity contribution in [3.8, 4) is 0 Å². The maximum Gasteiger partial charge on any atom is 0.360 e. The van der Waals surface area contributed by atoms with E-state index < -0.39 is 5.97 Å². The van der Waals surface area contributed by atoms with Gasteiger partial charge < -0.3 is 9.64 Å². The van der Waals surface area contributed by atoms with Gasteiger partial charge in [0, 0.05) is 37.4 Å². The molecule has 1 aliphatic heterocycles. The first kappa shape index (κ1) is 17.1. The van der Waals surface area contributed by atoms with Crippen LogP contribution >= 0.6 is 0 Å². The summed E-state index contributed by atoms with van der Waals surface area (Å²) < 4.78 is 6.27. The number of rotatable bonds is 5. The Morgan fingerprint density at radius 3 is 2.40 bits per heavy atom. The first-order chi connectivity index (χ1) is 12.1. The second-order valence-electron chi connectivity index (χ2n) is 5.98. The normalized spacial score (nSPS) is 15.2. The van der Waals surface area contributed by atoms with Crippen molar-refractivity contribution in [3.63, 3.8) is 0 Å². The molecule has 0 spiro atoms. The Labute approximate surface area is 146 Å². The van der Waals surface area contributed by atoms with E-state index in [2.05, 4.69) is 24.8 Å². The fourth-order valence-corrected chi connectivity index (χ4v) is 2.82. The van der Waals surface area contributed by atoms with Crippen LogP contribution in [0.5, 0.6) is 0 Å². The molecule has 0 unspecified atom stereocenters. The van der Waals surface area contributed by atoms with E-state index >= 15 is 0 Å². The van der Waals surface area contributed by atoms with Crippen LogP contribution in [0.15, 0.2) is 30.5 Å². The Morgan fingerprint density at radius 2 is 1.80 bits per heavy atom. The minimum absolute atomic E-state index is 0.0792. The van der Waals surface area contributed by atoms with Crippen molar-refractivity contribution in [1.82, 2.24) is 19.9 Å². The minimum Gasteiger partial charge on any atom is -0.464 e. The Bertz CT molecular complexity index is 748. The van der Waals surface area contributed by atoms with Crippen LogP contribution in [0.3, 0.4) is 0 Å². The number of methoxy groups -OCH3 is 1. The number of piperazine rings is 1. The average Bonchev–Trinajstić information content (AvgIpc) is 3.10. The number of carbonyl (C=O) groups excluding carboxylic acids is 2. The third-order valence-electron chi connectivity index (χ3n) is 4.29. The van der Waals surface area contributed by atoms with Gasteiger partial charge in [-0.1, -0.05) is 5.21 Å². The average molecular weight is 343 g/mol. The van der Waals surface area contributed by atoms with Gasteiger partial charge in [-0.05, 0) is 31.2 Å². The van der Waals surface area contributed by atoms with Gasteiger partial charge in [-0.2, -0.15) is 0 Å². The highest BCUT2D eigenvalue weighted by Crippen LogP contribution is 2.18. The summed E-state index contributed by atoms with van der Waals surface area (Å²) in [5, 5.41) is 7.77. The van der Waals surface area contributed by atoms with E-state index in [9.17, 15) is 9.59 Å². The number of hydrogen-bond acceptors (Lipinski definition) is 7. The first-order valence-electron chi connectivity index (χ1n) is 8.13. The van der Waals surface area contributed by atoms with Crippen LogP contribution in [0.4, 0.5) is 5.69 Å². The van der Waals surface area contributed by atoms with Crippen molar-refractivity contribution in [2.24, 2.45) is 0 Å². The number of Topliss-reactive ketones (excluding diaryl/α,β-unsaturated/α-hetero) is 1. The maximum absolute atomic E-state index is 11.4. The first-order valence-corrected chi connectivity index (χ1v) is 8.13. The fraction of sp³-hybridized carbons (Fsp3) is 0.412. The zero-order valence-electron chi connectivity index (χ0n) is 14.4. The highest BCUT2D eigenvalue weighted by molar-refractivity contribution is 5.94. The van der Waals surface area contributed by atoms with E-state index in [1.54, 1.807) is 17.8 Å². The van der Waals surface area contributed by atoms with Crippen molar-refractivity contribution >= 4 is 17.4 Å². The molecular weight excluding hydrogens is 322 g/mol. The molecule has 1 aliphatic rings. The zero-order valence-corrected chi connectivity index (χ0v) is 14.4. The van der Waals surface area contributed by atoms with E-state index in [1.807, 2.05) is 24.3 Å². The van der Waals surface area contributed by atoms with Crippen molar-refractivity contribution in [3.05, 3.63) is 41.7 Å². The van der Waals surface area contributed by atoms with Gasteiger partial charge >= 0.3 is 5.97 Å². The molecule has 2 aromatic rings. The fourth-order valence-electron chi connectivity index (χ4n) is 2.82. The molecule has 3 rings (SSSR count). The van der Waals surface area contributed by atoms with Gasteiger partial charge in [-0.15, -0.1) is 5.10 Å². The van der Waals surface area contributed by atoms with Gasteiger partial charge in [0.25, 0.3) is 0 Å². The molecule has 2 heterocycles. The van der Waals surface area contributed by atoms with Crippen molar-refractivity contribution in [2.45, 2.75) is 13.6 Å². The van der Waals surface area contributed by atoms with Crippen LogP contribution in [0, 0.1) is 0 Å². The quantitative estimate of drug-likeness (QED) is 0.593. The molecule has 1 aromatic carbocycles. The van der Waals surface area contributed by atoms with Gasteiger partial charge in [-0.25, -0.2) is 9.48 Å². The molecule has 0 atom stereocenters. The van der Waals surface area contributed by atoms with Gasteiger partial charge in [0.1, 0.15) is 0 Å². The highest BCUT2D eigenvalue weighted by Gasteiger charge is 2.19. The van der Waals surface area contributed by atoms with E-state index in [0.717, 1.165) is 37.4 Å². The van der Waals surface area contributed by atoms with Crippen LogP contribution in [0.2, 0.25) is 0 Å². The molecule has 0 saturated carbocycles. The van der Waals surface area contributed by atoms with Gasteiger partial charge in [0.2, 0.25) is 0 Å². The molecule has 1 aromatic heterocycles. The molecule has 0 bridgehead atoms. The standard InChI is InChI=1S/C17H21N5O3/c1-13(23)14-3-5-15(6-4-14)21-9-7-20(8-10-21)12-22-11-16(18-19-22)17(24)25-2/h3-6,11H,7-10,12H2,1-2H3. The summed E-state index contributed by atoms with van der Waals surface area (Å²) in [7, 11) is 1.32. The summed E-state index contributed by atoms with van der Waals surface area (Å²) in [6.07, 6.45) is 1.60. The monoisotopic (exact) mass is 343 g/mol. The molecule has 0 N–H and O–H groups in total. The molecule has 1 saturated heterocycles. The molecule has 0 radical (unpaired) electrons. The molecule has 8 nitrogen and oxygen atoms in total. The van der Waals surface area contributed by atoms with Crippen LogP contribution in [-0.4, -0.2) is 64.9 Å². The Kier molecular flexibility index (Phi) is 5.08. The van der Waals surface area contributed by atoms with Gasteiger partial charge in [0.05, 0.1) is 20.0 Å². The van der Waals surface area contributed by atoms with Crippen LogP contribution in [0.25, 0.3) is 0 Å². The second kappa shape index (κ2) is 7.43. The minimum atomic E-state index is -0.481. The van der Waals surface area contributed by atoms with E-state index in [1.165, 1.54) is 7.11 Å². The smallest absolute Gasteiger partial charge is 0.360 e. The van der Waals surface area contributed by atoms with Crippen LogP contribution in [-0.2, 0) is 11.4 Å². The number of benzene rings is 1. The molecule has 132 valence electrons. The maximum atomic E-state index is 11.4. The predicted molar refractivity (Wildman–Crippen MR) is 91.6 cm³/mol. The Morgan fingerprint density at radius 1 is 1.12 bits per heavy atom. The van der Waals surface area contributed by atoms with E-state index in [4.69, 9.17) is 0 Å². The number of carbonyl (C=O) groups is 2. The van der Waals surface area contributed by atoms with Crippen molar-refractivity contribution in [2.75, 3.05) is 38.2 Å². The molecule has 25 heavy (non-hydrogen) atoms. The third-order valence-corrected chi connectivity index (χ3v) is 4.29. The van der Waals surface area contributed by atoms with Crippen LogP contribution in [0.1, 0.15) is 27.8 Å².